The topological polar surface area (TPSA) is 87.2 Å². The number of carboxylic acid groups (broad SMARTS) is 1. The molecule has 35 heavy (non-hydrogen) atoms. The number of aromatic carboxylic acids is 1. The number of benzene rings is 1. The van der Waals surface area contributed by atoms with Crippen LogP contribution in [0, 0.1) is 0 Å². The van der Waals surface area contributed by atoms with E-state index in [2.05, 4.69) is 26.2 Å². The number of rotatable bonds is 7. The van der Waals surface area contributed by atoms with Gasteiger partial charge in [0.1, 0.15) is 16.0 Å². The van der Waals surface area contributed by atoms with Crippen molar-refractivity contribution < 1.29 is 19.4 Å². The second-order valence-electron chi connectivity index (χ2n) is 8.39. The molecule has 5 rings (SSSR count). The summed E-state index contributed by atoms with van der Waals surface area (Å²) in [6.07, 6.45) is 4.74. The zero-order chi connectivity index (χ0) is 24.5. The second kappa shape index (κ2) is 9.77. The SMILES string of the molecule is COc1cccc(C2=CCN(CC3Nc4sc(C(=O)O)cc4N3C)CC2)c1Oc1ccc(Cl)cn1. The molecular weight excluding hydrogens is 488 g/mol. The van der Waals surface area contributed by atoms with Gasteiger partial charge in [0.05, 0.1) is 17.8 Å². The molecule has 0 spiro atoms. The summed E-state index contributed by atoms with van der Waals surface area (Å²) in [6.45, 7) is 2.51. The van der Waals surface area contributed by atoms with Crippen LogP contribution in [0.25, 0.3) is 5.57 Å². The monoisotopic (exact) mass is 512 g/mol. The van der Waals surface area contributed by atoms with Crippen LogP contribution in [-0.4, -0.2) is 60.9 Å². The Bertz CT molecular complexity index is 1280. The average molecular weight is 513 g/mol. The number of nitrogens with one attached hydrogen (secondary N) is 1. The first-order chi connectivity index (χ1) is 16.9. The summed E-state index contributed by atoms with van der Waals surface area (Å²) in [7, 11) is 3.62. The van der Waals surface area contributed by atoms with Gasteiger partial charge in [-0.15, -0.1) is 11.3 Å². The molecule has 4 heterocycles. The normalized spacial score (nSPS) is 17.5. The maximum atomic E-state index is 11.3. The lowest BCUT2D eigenvalue weighted by molar-refractivity contribution is 0.0702. The second-order valence-corrected chi connectivity index (χ2v) is 9.88. The van der Waals surface area contributed by atoms with E-state index in [9.17, 15) is 9.90 Å². The van der Waals surface area contributed by atoms with Crippen molar-refractivity contribution >= 4 is 45.2 Å². The van der Waals surface area contributed by atoms with Gasteiger partial charge in [0.2, 0.25) is 5.88 Å². The number of carbonyl (C=O) groups is 1. The van der Waals surface area contributed by atoms with Crippen molar-refractivity contribution in [1.29, 1.82) is 0 Å². The van der Waals surface area contributed by atoms with E-state index in [-0.39, 0.29) is 6.17 Å². The third kappa shape index (κ3) is 4.80. The van der Waals surface area contributed by atoms with Crippen LogP contribution in [-0.2, 0) is 0 Å². The number of likely N-dealkylation sites (N-methyl/N-ethyl adjacent to an activating group) is 1. The third-order valence-corrected chi connectivity index (χ3v) is 7.51. The largest absolute Gasteiger partial charge is 0.493 e. The number of hydrogen-bond donors (Lipinski definition) is 2. The van der Waals surface area contributed by atoms with E-state index < -0.39 is 5.97 Å². The highest BCUT2D eigenvalue weighted by Crippen LogP contribution is 2.42. The first-order valence-electron chi connectivity index (χ1n) is 11.2. The molecule has 0 amide bonds. The number of ether oxygens (including phenoxy) is 2. The summed E-state index contributed by atoms with van der Waals surface area (Å²) in [5, 5.41) is 14.2. The van der Waals surface area contributed by atoms with Crippen LogP contribution < -0.4 is 19.7 Å². The Morgan fingerprint density at radius 2 is 2.20 bits per heavy atom. The Kier molecular flexibility index (Phi) is 6.55. The van der Waals surface area contributed by atoms with Crippen molar-refractivity contribution in [2.45, 2.75) is 12.6 Å². The lowest BCUT2D eigenvalue weighted by Gasteiger charge is -2.32. The van der Waals surface area contributed by atoms with Gasteiger partial charge in [-0.05, 0) is 30.2 Å². The van der Waals surface area contributed by atoms with Gasteiger partial charge in [-0.2, -0.15) is 0 Å². The van der Waals surface area contributed by atoms with Crippen molar-refractivity contribution in [3.8, 4) is 17.4 Å². The van der Waals surface area contributed by atoms with Crippen LogP contribution in [0.3, 0.4) is 0 Å². The number of aromatic nitrogens is 1. The first-order valence-corrected chi connectivity index (χ1v) is 12.4. The molecule has 1 atom stereocenters. The summed E-state index contributed by atoms with van der Waals surface area (Å²) in [5.41, 5.74) is 3.13. The molecule has 0 aliphatic carbocycles. The average Bonchev–Trinajstić information content (AvgIpc) is 3.41. The lowest BCUT2D eigenvalue weighted by atomic mass is 9.98. The molecule has 0 saturated heterocycles. The summed E-state index contributed by atoms with van der Waals surface area (Å²) >= 11 is 7.24. The molecule has 0 bridgehead atoms. The summed E-state index contributed by atoms with van der Waals surface area (Å²) in [6, 6.07) is 11.1. The van der Waals surface area contributed by atoms with Gasteiger partial charge >= 0.3 is 5.97 Å². The van der Waals surface area contributed by atoms with E-state index in [0.29, 0.717) is 27.3 Å². The van der Waals surface area contributed by atoms with Crippen LogP contribution in [0.1, 0.15) is 21.7 Å². The Balaban J connectivity index is 1.29. The van der Waals surface area contributed by atoms with Gasteiger partial charge in [-0.3, -0.25) is 4.90 Å². The van der Waals surface area contributed by atoms with Crippen molar-refractivity contribution in [2.75, 3.05) is 44.0 Å². The summed E-state index contributed by atoms with van der Waals surface area (Å²) in [5.74, 6) is 0.844. The molecule has 0 saturated carbocycles. The van der Waals surface area contributed by atoms with Crippen molar-refractivity contribution in [3.63, 3.8) is 0 Å². The van der Waals surface area contributed by atoms with Gasteiger partial charge in [-0.1, -0.05) is 29.8 Å². The molecule has 2 aliphatic rings. The predicted octanol–water partition coefficient (Wildman–Crippen LogP) is 5.27. The molecule has 10 heteroatoms. The number of nitrogens with zero attached hydrogens (tertiary/aromatic N) is 3. The fourth-order valence-corrected chi connectivity index (χ4v) is 5.46. The number of para-hydroxylation sites is 1. The Labute approximate surface area is 212 Å². The van der Waals surface area contributed by atoms with Gasteiger partial charge in [0.25, 0.3) is 0 Å². The molecule has 182 valence electrons. The minimum atomic E-state index is -0.891. The smallest absolute Gasteiger partial charge is 0.346 e. The molecule has 2 N–H and O–H groups in total. The highest BCUT2D eigenvalue weighted by atomic mass is 35.5. The number of anilines is 2. The fraction of sp³-hybridized carbons (Fsp3) is 0.280. The van der Waals surface area contributed by atoms with Crippen LogP contribution in [0.15, 0.2) is 48.7 Å². The van der Waals surface area contributed by atoms with Crippen LogP contribution in [0.2, 0.25) is 5.02 Å². The minimum absolute atomic E-state index is 0.0979. The van der Waals surface area contributed by atoms with E-state index >= 15 is 0 Å². The van der Waals surface area contributed by atoms with E-state index in [1.165, 1.54) is 16.9 Å². The number of hydrogen-bond acceptors (Lipinski definition) is 8. The van der Waals surface area contributed by atoms with E-state index in [0.717, 1.165) is 42.3 Å². The fourth-order valence-electron chi connectivity index (χ4n) is 4.36. The van der Waals surface area contributed by atoms with Crippen molar-refractivity contribution in [2.24, 2.45) is 0 Å². The van der Waals surface area contributed by atoms with E-state index in [1.54, 1.807) is 31.5 Å². The highest BCUT2D eigenvalue weighted by molar-refractivity contribution is 7.18. The van der Waals surface area contributed by atoms with E-state index in [1.807, 2.05) is 25.2 Å². The van der Waals surface area contributed by atoms with Crippen molar-refractivity contribution in [3.05, 3.63) is 64.1 Å². The molecule has 1 aromatic carbocycles. The predicted molar refractivity (Wildman–Crippen MR) is 138 cm³/mol. The van der Waals surface area contributed by atoms with Crippen molar-refractivity contribution in [1.82, 2.24) is 9.88 Å². The molecule has 8 nitrogen and oxygen atoms in total. The Morgan fingerprint density at radius 3 is 2.86 bits per heavy atom. The number of methoxy groups -OCH3 is 1. The molecule has 3 aromatic rings. The van der Waals surface area contributed by atoms with Gasteiger partial charge in [0.15, 0.2) is 11.5 Å². The zero-order valence-electron chi connectivity index (χ0n) is 19.3. The Hall–Kier alpha value is -3.27. The number of thiophene rings is 1. The van der Waals surface area contributed by atoms with Gasteiger partial charge < -0.3 is 24.8 Å². The van der Waals surface area contributed by atoms with Gasteiger partial charge in [-0.25, -0.2) is 9.78 Å². The quantitative estimate of drug-likeness (QED) is 0.442. The van der Waals surface area contributed by atoms with Crippen LogP contribution in [0.4, 0.5) is 10.7 Å². The molecule has 1 unspecified atom stereocenters. The third-order valence-electron chi connectivity index (χ3n) is 6.24. The Morgan fingerprint density at radius 1 is 1.34 bits per heavy atom. The number of pyridine rings is 1. The standard InChI is InChI=1S/C25H25ClN4O4S/c1-29-18-12-20(25(31)32)35-24(18)28-21(29)14-30-10-8-15(9-11-30)17-4-3-5-19(33-2)23(17)34-22-7-6-16(26)13-27-22/h3-8,12-13,21,28H,9-11,14H2,1-2H3,(H,31,32). The number of carboxylic acids is 1. The maximum absolute atomic E-state index is 11.3. The molecular formula is C25H25ClN4O4S. The maximum Gasteiger partial charge on any atom is 0.346 e. The molecule has 2 aromatic heterocycles. The molecule has 2 aliphatic heterocycles. The number of fused-ring (bicyclic) bond motifs is 1. The zero-order valence-corrected chi connectivity index (χ0v) is 20.9. The highest BCUT2D eigenvalue weighted by Gasteiger charge is 2.31. The van der Waals surface area contributed by atoms with Crippen LogP contribution >= 0.6 is 22.9 Å². The number of halogens is 1. The lowest BCUT2D eigenvalue weighted by Crippen LogP contribution is -2.44. The minimum Gasteiger partial charge on any atom is -0.493 e. The first kappa shape index (κ1) is 23.5. The molecule has 0 radical (unpaired) electrons. The van der Waals surface area contributed by atoms with Gasteiger partial charge in [0, 0.05) is 44.5 Å². The van der Waals surface area contributed by atoms with Crippen LogP contribution in [0.5, 0.6) is 17.4 Å². The molecule has 0 fully saturated rings. The summed E-state index contributed by atoms with van der Waals surface area (Å²) in [4.78, 5) is 20.4. The summed E-state index contributed by atoms with van der Waals surface area (Å²) < 4.78 is 11.7. The van der Waals surface area contributed by atoms with E-state index in [4.69, 9.17) is 21.1 Å².